The zero-order valence-electron chi connectivity index (χ0n) is 10.2. The molecule has 2 aliphatic rings. The van der Waals surface area contributed by atoms with Crippen LogP contribution in [0.3, 0.4) is 0 Å². The molecular weight excluding hydrogens is 202 g/mol. The average Bonchev–Trinajstić information content (AvgIpc) is 3.09. The molecule has 4 heteroatoms. The molecular formula is C12H23N3O. The Morgan fingerprint density at radius 3 is 2.75 bits per heavy atom. The molecule has 1 saturated carbocycles. The summed E-state index contributed by atoms with van der Waals surface area (Å²) in [4.78, 5) is 16.1. The van der Waals surface area contributed by atoms with Crippen molar-refractivity contribution in [2.24, 2.45) is 11.7 Å². The number of likely N-dealkylation sites (tertiary alicyclic amines) is 1. The van der Waals surface area contributed by atoms with E-state index >= 15 is 0 Å². The van der Waals surface area contributed by atoms with Crippen LogP contribution in [0, 0.1) is 5.92 Å². The van der Waals surface area contributed by atoms with Crippen LogP contribution in [-0.2, 0) is 4.79 Å². The normalized spacial score (nSPS) is 26.8. The summed E-state index contributed by atoms with van der Waals surface area (Å²) in [5.74, 6) is 0.783. The van der Waals surface area contributed by atoms with Gasteiger partial charge < -0.3 is 15.5 Å². The van der Waals surface area contributed by atoms with Gasteiger partial charge in [0.05, 0.1) is 6.54 Å². The van der Waals surface area contributed by atoms with Crippen molar-refractivity contribution in [1.82, 2.24) is 9.80 Å². The van der Waals surface area contributed by atoms with Crippen molar-refractivity contribution in [3.8, 4) is 0 Å². The lowest BCUT2D eigenvalue weighted by Crippen LogP contribution is -2.44. The van der Waals surface area contributed by atoms with Gasteiger partial charge in [0.25, 0.3) is 0 Å². The van der Waals surface area contributed by atoms with Gasteiger partial charge in [-0.25, -0.2) is 0 Å². The van der Waals surface area contributed by atoms with Crippen molar-refractivity contribution in [1.29, 1.82) is 0 Å². The second kappa shape index (κ2) is 5.15. The third kappa shape index (κ3) is 2.95. The zero-order chi connectivity index (χ0) is 11.5. The third-order valence-electron chi connectivity index (χ3n) is 3.66. The van der Waals surface area contributed by atoms with E-state index < -0.39 is 0 Å². The summed E-state index contributed by atoms with van der Waals surface area (Å²) >= 11 is 0. The molecule has 1 atom stereocenters. The number of hydrogen-bond acceptors (Lipinski definition) is 3. The maximum Gasteiger partial charge on any atom is 0.236 e. The van der Waals surface area contributed by atoms with E-state index in [0.29, 0.717) is 12.0 Å². The lowest BCUT2D eigenvalue weighted by Gasteiger charge is -2.33. The van der Waals surface area contributed by atoms with Gasteiger partial charge in [0.2, 0.25) is 5.91 Å². The summed E-state index contributed by atoms with van der Waals surface area (Å²) in [6.45, 7) is 3.41. The maximum absolute atomic E-state index is 11.7. The first-order chi connectivity index (χ1) is 7.70. The van der Waals surface area contributed by atoms with E-state index in [0.717, 1.165) is 13.1 Å². The van der Waals surface area contributed by atoms with Gasteiger partial charge in [0, 0.05) is 19.1 Å². The Labute approximate surface area is 97.8 Å². The van der Waals surface area contributed by atoms with Crippen molar-refractivity contribution in [2.75, 3.05) is 33.2 Å². The molecule has 2 rings (SSSR count). The van der Waals surface area contributed by atoms with Crippen molar-refractivity contribution >= 4 is 5.91 Å². The zero-order valence-corrected chi connectivity index (χ0v) is 10.2. The molecule has 1 aliphatic carbocycles. The minimum Gasteiger partial charge on any atom is -0.338 e. The Bertz CT molecular complexity index is 253. The van der Waals surface area contributed by atoms with Crippen LogP contribution in [-0.4, -0.2) is 55.0 Å². The Morgan fingerprint density at radius 2 is 2.19 bits per heavy atom. The van der Waals surface area contributed by atoms with Gasteiger partial charge in [0.1, 0.15) is 0 Å². The number of piperidine rings is 1. The van der Waals surface area contributed by atoms with Crippen molar-refractivity contribution < 1.29 is 4.79 Å². The van der Waals surface area contributed by atoms with E-state index in [4.69, 9.17) is 5.73 Å². The van der Waals surface area contributed by atoms with Crippen molar-refractivity contribution in [3.63, 3.8) is 0 Å². The Hall–Kier alpha value is -0.610. The molecule has 92 valence electrons. The minimum atomic E-state index is 0.135. The fraction of sp³-hybridized carbons (Fsp3) is 0.917. The van der Waals surface area contributed by atoms with Crippen LogP contribution in [0.5, 0.6) is 0 Å². The van der Waals surface area contributed by atoms with Crippen molar-refractivity contribution in [3.05, 3.63) is 0 Å². The topological polar surface area (TPSA) is 49.6 Å². The number of carbonyl (C=O) groups is 1. The van der Waals surface area contributed by atoms with Gasteiger partial charge in [0.15, 0.2) is 0 Å². The van der Waals surface area contributed by atoms with Gasteiger partial charge in [-0.05, 0) is 45.2 Å². The third-order valence-corrected chi connectivity index (χ3v) is 3.66. The molecule has 0 aromatic rings. The van der Waals surface area contributed by atoms with Crippen LogP contribution < -0.4 is 5.73 Å². The van der Waals surface area contributed by atoms with E-state index in [2.05, 4.69) is 11.9 Å². The van der Waals surface area contributed by atoms with Crippen molar-refractivity contribution in [2.45, 2.75) is 31.7 Å². The maximum atomic E-state index is 11.7. The van der Waals surface area contributed by atoms with Gasteiger partial charge in [-0.3, -0.25) is 4.79 Å². The molecule has 1 aliphatic heterocycles. The first-order valence-corrected chi connectivity index (χ1v) is 6.38. The highest BCUT2D eigenvalue weighted by Crippen LogP contribution is 2.29. The molecule has 0 spiro atoms. The number of hydrogen-bond donors (Lipinski definition) is 1. The molecule has 0 unspecified atom stereocenters. The summed E-state index contributed by atoms with van der Waals surface area (Å²) in [6, 6.07) is 0.503. The summed E-state index contributed by atoms with van der Waals surface area (Å²) in [5, 5.41) is 0. The van der Waals surface area contributed by atoms with Crippen LogP contribution in [0.25, 0.3) is 0 Å². The van der Waals surface area contributed by atoms with Crippen LogP contribution in [0.15, 0.2) is 0 Å². The van der Waals surface area contributed by atoms with E-state index in [1.807, 2.05) is 4.90 Å². The molecule has 0 aromatic carbocycles. The number of amides is 1. The molecule has 1 saturated heterocycles. The number of nitrogens with zero attached hydrogens (tertiary/aromatic N) is 2. The molecule has 2 N–H and O–H groups in total. The summed E-state index contributed by atoms with van der Waals surface area (Å²) in [6.07, 6.45) is 4.87. The fourth-order valence-electron chi connectivity index (χ4n) is 2.66. The van der Waals surface area contributed by atoms with Gasteiger partial charge >= 0.3 is 0 Å². The van der Waals surface area contributed by atoms with E-state index in [1.165, 1.54) is 32.2 Å². The van der Waals surface area contributed by atoms with Crippen LogP contribution >= 0.6 is 0 Å². The largest absolute Gasteiger partial charge is 0.338 e. The molecule has 1 amide bonds. The van der Waals surface area contributed by atoms with Crippen LogP contribution in [0.4, 0.5) is 0 Å². The quantitative estimate of drug-likeness (QED) is 0.747. The standard InChI is InChI=1S/C12H23N3O/c1-14-6-2-3-10(8-14)9-15(11-4-5-11)12(16)7-13/h10-11H,2-9,13H2,1H3/t10-/m0/s1. The van der Waals surface area contributed by atoms with Gasteiger partial charge in [-0.2, -0.15) is 0 Å². The van der Waals surface area contributed by atoms with Crippen LogP contribution in [0.1, 0.15) is 25.7 Å². The first kappa shape index (κ1) is 11.9. The molecule has 0 aromatic heterocycles. The Kier molecular flexibility index (Phi) is 3.82. The summed E-state index contributed by atoms with van der Waals surface area (Å²) in [7, 11) is 2.17. The lowest BCUT2D eigenvalue weighted by molar-refractivity contribution is -0.131. The predicted molar refractivity (Wildman–Crippen MR) is 64.0 cm³/mol. The molecule has 0 radical (unpaired) electrons. The highest BCUT2D eigenvalue weighted by atomic mass is 16.2. The molecule has 1 heterocycles. The number of carbonyl (C=O) groups excluding carboxylic acids is 1. The Morgan fingerprint density at radius 1 is 1.44 bits per heavy atom. The monoisotopic (exact) mass is 225 g/mol. The van der Waals surface area contributed by atoms with E-state index in [1.54, 1.807) is 0 Å². The lowest BCUT2D eigenvalue weighted by atomic mass is 9.97. The highest BCUT2D eigenvalue weighted by Gasteiger charge is 2.33. The first-order valence-electron chi connectivity index (χ1n) is 6.38. The van der Waals surface area contributed by atoms with Gasteiger partial charge in [-0.15, -0.1) is 0 Å². The molecule has 2 fully saturated rings. The minimum absolute atomic E-state index is 0.135. The fourth-order valence-corrected chi connectivity index (χ4v) is 2.66. The summed E-state index contributed by atoms with van der Waals surface area (Å²) < 4.78 is 0. The van der Waals surface area contributed by atoms with E-state index in [-0.39, 0.29) is 12.5 Å². The second-order valence-electron chi connectivity index (χ2n) is 5.25. The number of rotatable bonds is 4. The van der Waals surface area contributed by atoms with Gasteiger partial charge in [-0.1, -0.05) is 0 Å². The van der Waals surface area contributed by atoms with E-state index in [9.17, 15) is 4.79 Å². The molecule has 16 heavy (non-hydrogen) atoms. The Balaban J connectivity index is 1.87. The van der Waals surface area contributed by atoms with Crippen LogP contribution in [0.2, 0.25) is 0 Å². The molecule has 0 bridgehead atoms. The number of nitrogens with two attached hydrogens (primary N) is 1. The predicted octanol–water partition coefficient (Wildman–Crippen LogP) is 0.278. The smallest absolute Gasteiger partial charge is 0.236 e. The summed E-state index contributed by atoms with van der Waals surface area (Å²) in [5.41, 5.74) is 5.47. The molecule has 4 nitrogen and oxygen atoms in total. The SMILES string of the molecule is CN1CCC[C@H](CN(C(=O)CN)C2CC2)C1. The average molecular weight is 225 g/mol. The highest BCUT2D eigenvalue weighted by molar-refractivity contribution is 5.78. The second-order valence-corrected chi connectivity index (χ2v) is 5.25.